The van der Waals surface area contributed by atoms with Crippen LogP contribution in [-0.4, -0.2) is 29.8 Å². The van der Waals surface area contributed by atoms with E-state index in [9.17, 15) is 4.79 Å². The Labute approximate surface area is 116 Å². The summed E-state index contributed by atoms with van der Waals surface area (Å²) in [5.41, 5.74) is 0.201. The van der Waals surface area contributed by atoms with E-state index >= 15 is 0 Å². The monoisotopic (exact) mass is 278 g/mol. The number of benzene rings is 1. The predicted octanol–water partition coefficient (Wildman–Crippen LogP) is 2.12. The SMILES string of the molecule is CCOc1cc2[nH]c(=O)ncc2c(OCC)c1OCC. The van der Waals surface area contributed by atoms with Crippen LogP contribution < -0.4 is 19.9 Å². The highest BCUT2D eigenvalue weighted by molar-refractivity contribution is 5.89. The zero-order valence-electron chi connectivity index (χ0n) is 11.9. The summed E-state index contributed by atoms with van der Waals surface area (Å²) in [5.74, 6) is 1.63. The van der Waals surface area contributed by atoms with E-state index in [-0.39, 0.29) is 0 Å². The Morgan fingerprint density at radius 2 is 1.70 bits per heavy atom. The maximum absolute atomic E-state index is 11.4. The normalized spacial score (nSPS) is 10.6. The largest absolute Gasteiger partial charge is 0.490 e. The van der Waals surface area contributed by atoms with Crippen molar-refractivity contribution in [2.24, 2.45) is 0 Å². The van der Waals surface area contributed by atoms with Gasteiger partial charge in [0, 0.05) is 12.3 Å². The molecule has 0 aliphatic carbocycles. The Balaban J connectivity index is 2.74. The molecule has 0 bridgehead atoms. The van der Waals surface area contributed by atoms with E-state index in [0.29, 0.717) is 48.0 Å². The van der Waals surface area contributed by atoms with Crippen molar-refractivity contribution < 1.29 is 14.2 Å². The van der Waals surface area contributed by atoms with Crippen LogP contribution in [0.4, 0.5) is 0 Å². The number of nitrogens with zero attached hydrogens (tertiary/aromatic N) is 1. The van der Waals surface area contributed by atoms with Gasteiger partial charge in [-0.2, -0.15) is 0 Å². The number of ether oxygens (including phenoxy) is 3. The molecule has 1 aromatic heterocycles. The van der Waals surface area contributed by atoms with Gasteiger partial charge in [-0.3, -0.25) is 0 Å². The van der Waals surface area contributed by atoms with Crippen LogP contribution in [0.15, 0.2) is 17.1 Å². The molecule has 0 aliphatic rings. The minimum absolute atomic E-state index is 0.411. The smallest absolute Gasteiger partial charge is 0.345 e. The average molecular weight is 278 g/mol. The lowest BCUT2D eigenvalue weighted by atomic mass is 10.2. The first-order valence-corrected chi connectivity index (χ1v) is 6.65. The molecule has 0 saturated heterocycles. The van der Waals surface area contributed by atoms with E-state index in [1.54, 1.807) is 6.07 Å². The fraction of sp³-hybridized carbons (Fsp3) is 0.429. The third kappa shape index (κ3) is 2.68. The van der Waals surface area contributed by atoms with Crippen LogP contribution >= 0.6 is 0 Å². The van der Waals surface area contributed by atoms with E-state index in [1.807, 2.05) is 20.8 Å². The molecule has 0 unspecified atom stereocenters. The molecule has 0 fully saturated rings. The number of rotatable bonds is 6. The van der Waals surface area contributed by atoms with Crippen LogP contribution in [0.5, 0.6) is 17.2 Å². The summed E-state index contributed by atoms with van der Waals surface area (Å²) in [4.78, 5) is 17.8. The lowest BCUT2D eigenvalue weighted by Gasteiger charge is -2.17. The summed E-state index contributed by atoms with van der Waals surface area (Å²) in [6.45, 7) is 7.11. The van der Waals surface area contributed by atoms with Gasteiger partial charge in [-0.25, -0.2) is 9.78 Å². The predicted molar refractivity (Wildman–Crippen MR) is 75.9 cm³/mol. The molecule has 6 heteroatoms. The summed E-state index contributed by atoms with van der Waals surface area (Å²) < 4.78 is 16.9. The Morgan fingerprint density at radius 3 is 2.35 bits per heavy atom. The molecule has 1 heterocycles. The number of nitrogens with one attached hydrogen (secondary N) is 1. The second kappa shape index (κ2) is 6.27. The van der Waals surface area contributed by atoms with Gasteiger partial charge >= 0.3 is 5.69 Å². The molecule has 0 saturated carbocycles. The van der Waals surface area contributed by atoms with Gasteiger partial charge in [0.15, 0.2) is 11.5 Å². The van der Waals surface area contributed by atoms with Gasteiger partial charge in [0.05, 0.1) is 30.7 Å². The molecule has 1 N–H and O–H groups in total. The molecule has 20 heavy (non-hydrogen) atoms. The van der Waals surface area contributed by atoms with Crippen LogP contribution in [0.2, 0.25) is 0 Å². The number of H-pyrrole nitrogens is 1. The first-order valence-electron chi connectivity index (χ1n) is 6.65. The first-order chi connectivity index (χ1) is 9.71. The number of fused-ring (bicyclic) bond motifs is 1. The summed E-state index contributed by atoms with van der Waals surface area (Å²) in [5, 5.41) is 0.693. The average Bonchev–Trinajstić information content (AvgIpc) is 2.42. The number of aromatic amines is 1. The molecular formula is C14H18N2O4. The van der Waals surface area contributed by atoms with E-state index in [0.717, 1.165) is 0 Å². The van der Waals surface area contributed by atoms with Crippen molar-refractivity contribution in [2.75, 3.05) is 19.8 Å². The van der Waals surface area contributed by atoms with Gasteiger partial charge in [0.2, 0.25) is 5.75 Å². The van der Waals surface area contributed by atoms with Crippen molar-refractivity contribution in [2.45, 2.75) is 20.8 Å². The van der Waals surface area contributed by atoms with E-state index in [4.69, 9.17) is 14.2 Å². The van der Waals surface area contributed by atoms with Crippen molar-refractivity contribution in [3.63, 3.8) is 0 Å². The number of aromatic nitrogens is 2. The van der Waals surface area contributed by atoms with E-state index in [1.165, 1.54) is 6.20 Å². The molecular weight excluding hydrogens is 260 g/mol. The van der Waals surface area contributed by atoms with Gasteiger partial charge < -0.3 is 19.2 Å². The highest BCUT2D eigenvalue weighted by Gasteiger charge is 2.18. The van der Waals surface area contributed by atoms with Crippen molar-refractivity contribution in [3.05, 3.63) is 22.7 Å². The highest BCUT2D eigenvalue weighted by Crippen LogP contribution is 2.42. The molecule has 0 radical (unpaired) electrons. The van der Waals surface area contributed by atoms with Crippen LogP contribution in [0, 0.1) is 0 Å². The van der Waals surface area contributed by atoms with Crippen molar-refractivity contribution >= 4 is 10.9 Å². The summed E-state index contributed by atoms with van der Waals surface area (Å²) in [7, 11) is 0. The van der Waals surface area contributed by atoms with E-state index in [2.05, 4.69) is 9.97 Å². The molecule has 0 amide bonds. The van der Waals surface area contributed by atoms with Crippen LogP contribution in [0.3, 0.4) is 0 Å². The van der Waals surface area contributed by atoms with Gasteiger partial charge in [-0.05, 0) is 20.8 Å². The molecule has 0 aliphatic heterocycles. The second-order valence-electron chi connectivity index (χ2n) is 3.98. The lowest BCUT2D eigenvalue weighted by Crippen LogP contribution is -2.10. The minimum Gasteiger partial charge on any atom is -0.490 e. The topological polar surface area (TPSA) is 73.4 Å². The molecule has 0 atom stereocenters. The Morgan fingerprint density at radius 1 is 1.05 bits per heavy atom. The van der Waals surface area contributed by atoms with Crippen molar-refractivity contribution in [3.8, 4) is 17.2 Å². The number of hydrogen-bond acceptors (Lipinski definition) is 5. The minimum atomic E-state index is -0.411. The van der Waals surface area contributed by atoms with Crippen molar-refractivity contribution in [1.82, 2.24) is 9.97 Å². The Bertz CT molecular complexity index is 651. The third-order valence-corrected chi connectivity index (χ3v) is 2.67. The third-order valence-electron chi connectivity index (χ3n) is 2.67. The zero-order chi connectivity index (χ0) is 14.5. The van der Waals surface area contributed by atoms with Crippen LogP contribution in [0.1, 0.15) is 20.8 Å². The molecule has 0 spiro atoms. The maximum atomic E-state index is 11.4. The molecule has 1 aromatic carbocycles. The molecule has 108 valence electrons. The van der Waals surface area contributed by atoms with Crippen molar-refractivity contribution in [1.29, 1.82) is 0 Å². The lowest BCUT2D eigenvalue weighted by molar-refractivity contribution is 0.263. The maximum Gasteiger partial charge on any atom is 0.345 e. The summed E-state index contributed by atoms with van der Waals surface area (Å²) in [6.07, 6.45) is 1.48. The Kier molecular flexibility index (Phi) is 4.45. The van der Waals surface area contributed by atoms with Gasteiger partial charge in [0.25, 0.3) is 0 Å². The molecule has 6 nitrogen and oxygen atoms in total. The fourth-order valence-electron chi connectivity index (χ4n) is 1.96. The fourth-order valence-corrected chi connectivity index (χ4v) is 1.96. The second-order valence-corrected chi connectivity index (χ2v) is 3.98. The number of hydrogen-bond donors (Lipinski definition) is 1. The molecule has 2 aromatic rings. The first kappa shape index (κ1) is 14.2. The summed E-state index contributed by atoms with van der Waals surface area (Å²) >= 11 is 0. The zero-order valence-corrected chi connectivity index (χ0v) is 11.9. The standard InChI is InChI=1S/C14H18N2O4/c1-4-18-11-7-10-9(8-15-14(17)16-10)12(19-5-2)13(11)20-6-3/h7-8H,4-6H2,1-3H3,(H,15,16,17). The molecule has 2 rings (SSSR count). The quantitative estimate of drug-likeness (QED) is 0.876. The van der Waals surface area contributed by atoms with Gasteiger partial charge in [0.1, 0.15) is 0 Å². The van der Waals surface area contributed by atoms with Crippen LogP contribution in [0.25, 0.3) is 10.9 Å². The van der Waals surface area contributed by atoms with Crippen LogP contribution in [-0.2, 0) is 0 Å². The Hall–Kier alpha value is -2.24. The summed E-state index contributed by atoms with van der Waals surface area (Å²) in [6, 6.07) is 1.73. The van der Waals surface area contributed by atoms with Gasteiger partial charge in [-0.1, -0.05) is 0 Å². The highest BCUT2D eigenvalue weighted by atomic mass is 16.5. The van der Waals surface area contributed by atoms with Gasteiger partial charge in [-0.15, -0.1) is 0 Å². The van der Waals surface area contributed by atoms with E-state index < -0.39 is 5.69 Å².